The molecule has 0 radical (unpaired) electrons. The molecule has 1 aromatic rings. The van der Waals surface area contributed by atoms with E-state index >= 15 is 0 Å². The molecule has 2 amide bonds. The molecule has 0 spiro atoms. The summed E-state index contributed by atoms with van der Waals surface area (Å²) in [5.74, 6) is 0.0725. The monoisotopic (exact) mass is 332 g/mol. The van der Waals surface area contributed by atoms with Gasteiger partial charge in [-0.05, 0) is 19.3 Å². The number of nitrogens with two attached hydrogens (primary N) is 1. The van der Waals surface area contributed by atoms with Crippen LogP contribution >= 0.6 is 0 Å². The normalized spacial score (nSPS) is 22.3. The van der Waals surface area contributed by atoms with E-state index in [0.717, 1.165) is 31.4 Å². The van der Waals surface area contributed by atoms with Gasteiger partial charge in [-0.1, -0.05) is 12.8 Å². The molecule has 7 heteroatoms. The lowest BCUT2D eigenvalue weighted by Crippen LogP contribution is -2.39. The highest BCUT2D eigenvalue weighted by atomic mass is 16.5. The molecule has 2 heterocycles. The van der Waals surface area contributed by atoms with Gasteiger partial charge in [-0.3, -0.25) is 14.6 Å². The average Bonchev–Trinajstić information content (AvgIpc) is 3.02. The first-order valence-electron chi connectivity index (χ1n) is 8.60. The minimum atomic E-state index is -0.583. The second-order valence-corrected chi connectivity index (χ2v) is 6.67. The Labute approximate surface area is 141 Å². The molecule has 24 heavy (non-hydrogen) atoms. The summed E-state index contributed by atoms with van der Waals surface area (Å²) in [6.45, 7) is 2.54. The summed E-state index contributed by atoms with van der Waals surface area (Å²) >= 11 is 0. The molecule has 130 valence electrons. The van der Waals surface area contributed by atoms with Crippen molar-refractivity contribution in [2.75, 3.05) is 26.3 Å². The zero-order valence-electron chi connectivity index (χ0n) is 13.8. The van der Waals surface area contributed by atoms with E-state index < -0.39 is 5.91 Å². The van der Waals surface area contributed by atoms with Gasteiger partial charge in [0.25, 0.3) is 5.91 Å². The fourth-order valence-electron chi connectivity index (χ4n) is 3.52. The van der Waals surface area contributed by atoms with Crippen molar-refractivity contribution in [3.8, 4) is 0 Å². The number of ether oxygens (including phenoxy) is 1. The largest absolute Gasteiger partial charge is 0.379 e. The van der Waals surface area contributed by atoms with Crippen LogP contribution in [0.5, 0.6) is 0 Å². The van der Waals surface area contributed by atoms with Crippen molar-refractivity contribution < 1.29 is 14.3 Å². The molecule has 1 aliphatic heterocycles. The lowest BCUT2D eigenvalue weighted by atomic mass is 10.0. The molecule has 7 nitrogen and oxygen atoms in total. The fourth-order valence-corrected chi connectivity index (χ4v) is 3.52. The molecule has 1 saturated carbocycles. The highest BCUT2D eigenvalue weighted by Crippen LogP contribution is 2.27. The van der Waals surface area contributed by atoms with Gasteiger partial charge >= 0.3 is 0 Å². The van der Waals surface area contributed by atoms with E-state index in [1.807, 2.05) is 4.90 Å². The predicted octanol–water partition coefficient (Wildman–Crippen LogP) is 0.783. The van der Waals surface area contributed by atoms with Crippen molar-refractivity contribution >= 4 is 11.8 Å². The molecule has 2 aliphatic rings. The number of carbonyl (C=O) groups is 2. The second kappa shape index (κ2) is 7.70. The maximum absolute atomic E-state index is 12.7. The Bertz CT molecular complexity index is 584. The van der Waals surface area contributed by atoms with Gasteiger partial charge in [0.15, 0.2) is 0 Å². The van der Waals surface area contributed by atoms with Crippen LogP contribution < -0.4 is 5.73 Å². The van der Waals surface area contributed by atoms with Crippen LogP contribution in [0.2, 0.25) is 0 Å². The molecule has 2 fully saturated rings. The van der Waals surface area contributed by atoms with Gasteiger partial charge in [0, 0.05) is 31.1 Å². The Hall–Kier alpha value is -2.02. The zero-order chi connectivity index (χ0) is 16.9. The highest BCUT2D eigenvalue weighted by Gasteiger charge is 2.30. The van der Waals surface area contributed by atoms with Crippen LogP contribution in [0.1, 0.15) is 41.9 Å². The van der Waals surface area contributed by atoms with E-state index in [-0.39, 0.29) is 23.4 Å². The van der Waals surface area contributed by atoms with Gasteiger partial charge in [-0.2, -0.15) is 0 Å². The molecule has 1 aromatic heterocycles. The summed E-state index contributed by atoms with van der Waals surface area (Å²) in [6.07, 6.45) is 7.99. The molecular weight excluding hydrogens is 308 g/mol. The van der Waals surface area contributed by atoms with E-state index in [4.69, 9.17) is 10.5 Å². The standard InChI is InChI=1S/C17H24N4O3/c18-16(22)15-9-19-14(8-20-15)7-12-10-21(5-6-24-11-12)17(23)13-3-1-2-4-13/h8-9,12-13H,1-7,10-11H2,(H2,18,22). The number of hydrogen-bond donors (Lipinski definition) is 1. The van der Waals surface area contributed by atoms with Gasteiger partial charge in [0.2, 0.25) is 5.91 Å². The Morgan fingerprint density at radius 1 is 1.25 bits per heavy atom. The molecule has 1 aliphatic carbocycles. The van der Waals surface area contributed by atoms with Crippen LogP contribution in [0.4, 0.5) is 0 Å². The first-order chi connectivity index (χ1) is 11.6. The molecule has 3 rings (SSSR count). The van der Waals surface area contributed by atoms with E-state index in [0.29, 0.717) is 32.7 Å². The summed E-state index contributed by atoms with van der Waals surface area (Å²) in [6, 6.07) is 0. The van der Waals surface area contributed by atoms with Crippen molar-refractivity contribution in [3.63, 3.8) is 0 Å². The smallest absolute Gasteiger partial charge is 0.268 e. The first kappa shape index (κ1) is 16.8. The zero-order valence-corrected chi connectivity index (χ0v) is 13.8. The average molecular weight is 332 g/mol. The molecule has 1 unspecified atom stereocenters. The quantitative estimate of drug-likeness (QED) is 0.878. The Kier molecular flexibility index (Phi) is 5.40. The van der Waals surface area contributed by atoms with Crippen molar-refractivity contribution in [2.45, 2.75) is 32.1 Å². The third kappa shape index (κ3) is 4.08. The highest BCUT2D eigenvalue weighted by molar-refractivity contribution is 5.90. The van der Waals surface area contributed by atoms with Gasteiger partial charge in [-0.25, -0.2) is 4.98 Å². The minimum Gasteiger partial charge on any atom is -0.379 e. The van der Waals surface area contributed by atoms with E-state index in [2.05, 4.69) is 9.97 Å². The van der Waals surface area contributed by atoms with Crippen LogP contribution in [-0.2, 0) is 16.0 Å². The first-order valence-corrected chi connectivity index (χ1v) is 8.60. The van der Waals surface area contributed by atoms with Crippen molar-refractivity contribution in [3.05, 3.63) is 23.8 Å². The van der Waals surface area contributed by atoms with Gasteiger partial charge < -0.3 is 15.4 Å². The van der Waals surface area contributed by atoms with E-state index in [9.17, 15) is 9.59 Å². The molecule has 1 atom stereocenters. The number of amides is 2. The number of nitrogens with zero attached hydrogens (tertiary/aromatic N) is 3. The van der Waals surface area contributed by atoms with Crippen LogP contribution in [0.3, 0.4) is 0 Å². The number of aromatic nitrogens is 2. The summed E-state index contributed by atoms with van der Waals surface area (Å²) < 4.78 is 5.67. The third-order valence-electron chi connectivity index (χ3n) is 4.81. The number of rotatable bonds is 4. The predicted molar refractivity (Wildman–Crippen MR) is 87.1 cm³/mol. The topological polar surface area (TPSA) is 98.4 Å². The SMILES string of the molecule is NC(=O)c1cnc(CC2COCCN(C(=O)C3CCCC3)C2)cn1. The number of carbonyl (C=O) groups excluding carboxylic acids is 2. The van der Waals surface area contributed by atoms with Crippen molar-refractivity contribution in [1.29, 1.82) is 0 Å². The lowest BCUT2D eigenvalue weighted by Gasteiger charge is -2.26. The molecule has 2 N–H and O–H groups in total. The van der Waals surface area contributed by atoms with Gasteiger partial charge in [0.05, 0.1) is 25.1 Å². The third-order valence-corrected chi connectivity index (χ3v) is 4.81. The van der Waals surface area contributed by atoms with Crippen LogP contribution in [0, 0.1) is 11.8 Å². The van der Waals surface area contributed by atoms with E-state index in [1.54, 1.807) is 6.20 Å². The number of hydrogen-bond acceptors (Lipinski definition) is 5. The van der Waals surface area contributed by atoms with E-state index in [1.165, 1.54) is 6.20 Å². The summed E-state index contributed by atoms with van der Waals surface area (Å²) in [5.41, 5.74) is 6.12. The van der Waals surface area contributed by atoms with Crippen LogP contribution in [-0.4, -0.2) is 53.0 Å². The molecule has 0 aromatic carbocycles. The maximum Gasteiger partial charge on any atom is 0.268 e. The summed E-state index contributed by atoms with van der Waals surface area (Å²) in [7, 11) is 0. The second-order valence-electron chi connectivity index (χ2n) is 6.67. The van der Waals surface area contributed by atoms with Gasteiger partial charge in [0.1, 0.15) is 5.69 Å². The molecular formula is C17H24N4O3. The lowest BCUT2D eigenvalue weighted by molar-refractivity contribution is -0.135. The Balaban J connectivity index is 1.61. The Morgan fingerprint density at radius 2 is 2.04 bits per heavy atom. The van der Waals surface area contributed by atoms with Crippen molar-refractivity contribution in [2.24, 2.45) is 17.6 Å². The molecule has 0 bridgehead atoms. The molecule has 1 saturated heterocycles. The van der Waals surface area contributed by atoms with Crippen LogP contribution in [0.15, 0.2) is 12.4 Å². The summed E-state index contributed by atoms with van der Waals surface area (Å²) in [5, 5.41) is 0. The number of primary amides is 1. The van der Waals surface area contributed by atoms with Crippen molar-refractivity contribution in [1.82, 2.24) is 14.9 Å². The fraction of sp³-hybridized carbons (Fsp3) is 0.647. The maximum atomic E-state index is 12.7. The summed E-state index contributed by atoms with van der Waals surface area (Å²) in [4.78, 5) is 33.9. The minimum absolute atomic E-state index is 0.161. The Morgan fingerprint density at radius 3 is 2.71 bits per heavy atom. The van der Waals surface area contributed by atoms with Crippen LogP contribution in [0.25, 0.3) is 0 Å². The van der Waals surface area contributed by atoms with Gasteiger partial charge in [-0.15, -0.1) is 0 Å².